The van der Waals surface area contributed by atoms with Gasteiger partial charge in [-0.2, -0.15) is 0 Å². The fraction of sp³-hybridized carbons (Fsp3) is 0.350. The summed E-state index contributed by atoms with van der Waals surface area (Å²) in [6, 6.07) is 15.9. The highest BCUT2D eigenvalue weighted by atomic mass is 16.5. The highest BCUT2D eigenvalue weighted by Gasteiger charge is 2.13. The van der Waals surface area contributed by atoms with Crippen LogP contribution in [0.1, 0.15) is 30.1 Å². The molecule has 0 spiro atoms. The Hall–Kier alpha value is -2.13. The second-order valence-electron chi connectivity index (χ2n) is 6.16. The Morgan fingerprint density at radius 1 is 1.00 bits per heavy atom. The summed E-state index contributed by atoms with van der Waals surface area (Å²) in [7, 11) is 0. The van der Waals surface area contributed by atoms with E-state index in [0.29, 0.717) is 5.92 Å². The van der Waals surface area contributed by atoms with Gasteiger partial charge in [-0.05, 0) is 62.0 Å². The van der Waals surface area contributed by atoms with E-state index in [1.807, 2.05) is 36.4 Å². The molecule has 1 N–H and O–H groups in total. The molecule has 0 radical (unpaired) electrons. The Balaban J connectivity index is 1.61. The van der Waals surface area contributed by atoms with E-state index < -0.39 is 0 Å². The van der Waals surface area contributed by atoms with E-state index in [1.165, 1.54) is 12.8 Å². The second kappa shape index (κ2) is 7.42. The van der Waals surface area contributed by atoms with Gasteiger partial charge >= 0.3 is 0 Å². The zero-order chi connectivity index (χ0) is 16.1. The SMILES string of the molecule is CC(=O)c1ccc(-c2ccc(OCC3CCNCC3)cc2)cc1. The summed E-state index contributed by atoms with van der Waals surface area (Å²) in [6.07, 6.45) is 2.39. The highest BCUT2D eigenvalue weighted by Crippen LogP contribution is 2.24. The lowest BCUT2D eigenvalue weighted by molar-refractivity contribution is 0.101. The molecule has 1 aliphatic heterocycles. The molecule has 120 valence electrons. The maximum Gasteiger partial charge on any atom is 0.159 e. The first kappa shape index (κ1) is 15.8. The summed E-state index contributed by atoms with van der Waals surface area (Å²) in [5.74, 6) is 1.68. The Bertz CT molecular complexity index is 640. The molecule has 0 unspecified atom stereocenters. The van der Waals surface area contributed by atoms with Crippen molar-refractivity contribution in [3.05, 3.63) is 54.1 Å². The molecule has 0 atom stereocenters. The monoisotopic (exact) mass is 309 g/mol. The Morgan fingerprint density at radius 3 is 2.13 bits per heavy atom. The van der Waals surface area contributed by atoms with Crippen molar-refractivity contribution in [3.8, 4) is 16.9 Å². The quantitative estimate of drug-likeness (QED) is 0.850. The average Bonchev–Trinajstić information content (AvgIpc) is 2.61. The number of carbonyl (C=O) groups excluding carboxylic acids is 1. The van der Waals surface area contributed by atoms with E-state index in [4.69, 9.17) is 4.74 Å². The van der Waals surface area contributed by atoms with Gasteiger partial charge in [0.2, 0.25) is 0 Å². The number of nitrogens with one attached hydrogen (secondary N) is 1. The van der Waals surface area contributed by atoms with E-state index in [9.17, 15) is 4.79 Å². The number of hydrogen-bond acceptors (Lipinski definition) is 3. The van der Waals surface area contributed by atoms with Gasteiger partial charge in [-0.1, -0.05) is 36.4 Å². The van der Waals surface area contributed by atoms with E-state index in [1.54, 1.807) is 6.92 Å². The van der Waals surface area contributed by atoms with Crippen LogP contribution >= 0.6 is 0 Å². The molecule has 0 saturated carbocycles. The number of carbonyl (C=O) groups is 1. The van der Waals surface area contributed by atoms with E-state index in [0.717, 1.165) is 42.1 Å². The van der Waals surface area contributed by atoms with Crippen molar-refractivity contribution in [1.82, 2.24) is 5.32 Å². The third-order valence-electron chi connectivity index (χ3n) is 4.42. The molecule has 3 nitrogen and oxygen atoms in total. The minimum atomic E-state index is 0.0956. The first-order valence-corrected chi connectivity index (χ1v) is 8.27. The van der Waals surface area contributed by atoms with Crippen LogP contribution in [0.15, 0.2) is 48.5 Å². The zero-order valence-corrected chi connectivity index (χ0v) is 13.5. The van der Waals surface area contributed by atoms with Crippen LogP contribution in [0.4, 0.5) is 0 Å². The second-order valence-corrected chi connectivity index (χ2v) is 6.16. The van der Waals surface area contributed by atoms with Crippen molar-refractivity contribution in [2.24, 2.45) is 5.92 Å². The number of rotatable bonds is 5. The van der Waals surface area contributed by atoms with Crippen LogP contribution in [0, 0.1) is 5.92 Å². The van der Waals surface area contributed by atoms with Crippen molar-refractivity contribution < 1.29 is 9.53 Å². The standard InChI is InChI=1S/C20H23NO2/c1-15(22)17-2-4-18(5-3-17)19-6-8-20(9-7-19)23-14-16-10-12-21-13-11-16/h2-9,16,21H,10-14H2,1H3. The van der Waals surface area contributed by atoms with Crippen molar-refractivity contribution in [2.75, 3.05) is 19.7 Å². The van der Waals surface area contributed by atoms with E-state index in [2.05, 4.69) is 17.4 Å². The molecule has 1 aliphatic rings. The molecule has 3 rings (SSSR count). The number of Topliss-reactive ketones (excluding diaryl/α,β-unsaturated/α-hetero) is 1. The van der Waals surface area contributed by atoms with Crippen LogP contribution in [0.3, 0.4) is 0 Å². The first-order valence-electron chi connectivity index (χ1n) is 8.27. The van der Waals surface area contributed by atoms with E-state index >= 15 is 0 Å². The minimum absolute atomic E-state index is 0.0956. The molecular formula is C20H23NO2. The number of hydrogen-bond donors (Lipinski definition) is 1. The molecule has 0 amide bonds. The average molecular weight is 309 g/mol. The van der Waals surface area contributed by atoms with E-state index in [-0.39, 0.29) is 5.78 Å². The number of piperidine rings is 1. The van der Waals surface area contributed by atoms with Gasteiger partial charge in [0.1, 0.15) is 5.75 Å². The van der Waals surface area contributed by atoms with Crippen molar-refractivity contribution >= 4 is 5.78 Å². The summed E-state index contributed by atoms with van der Waals surface area (Å²) in [5.41, 5.74) is 2.99. The van der Waals surface area contributed by atoms with Crippen LogP contribution in [0.2, 0.25) is 0 Å². The van der Waals surface area contributed by atoms with Crippen molar-refractivity contribution in [3.63, 3.8) is 0 Å². The number of ketones is 1. The molecule has 2 aromatic carbocycles. The maximum absolute atomic E-state index is 11.3. The van der Waals surface area contributed by atoms with Gasteiger partial charge in [-0.15, -0.1) is 0 Å². The third-order valence-corrected chi connectivity index (χ3v) is 4.42. The fourth-order valence-electron chi connectivity index (χ4n) is 2.90. The predicted octanol–water partition coefficient (Wildman–Crippen LogP) is 3.93. The fourth-order valence-corrected chi connectivity index (χ4v) is 2.90. The summed E-state index contributed by atoms with van der Waals surface area (Å²) in [4.78, 5) is 11.3. The molecular weight excluding hydrogens is 286 g/mol. The lowest BCUT2D eigenvalue weighted by Gasteiger charge is -2.22. The van der Waals surface area contributed by atoms with Crippen LogP contribution in [0.5, 0.6) is 5.75 Å². The molecule has 0 aromatic heterocycles. The van der Waals surface area contributed by atoms with Crippen molar-refractivity contribution in [2.45, 2.75) is 19.8 Å². The van der Waals surface area contributed by atoms with Gasteiger partial charge in [-0.3, -0.25) is 4.79 Å². The summed E-state index contributed by atoms with van der Waals surface area (Å²) in [5, 5.41) is 3.37. The van der Waals surface area contributed by atoms with Crippen LogP contribution in [-0.4, -0.2) is 25.5 Å². The molecule has 1 fully saturated rings. The van der Waals surface area contributed by atoms with Crippen LogP contribution < -0.4 is 10.1 Å². The summed E-state index contributed by atoms with van der Waals surface area (Å²) in [6.45, 7) is 4.59. The molecule has 3 heteroatoms. The summed E-state index contributed by atoms with van der Waals surface area (Å²) < 4.78 is 5.91. The first-order chi connectivity index (χ1) is 11.2. The smallest absolute Gasteiger partial charge is 0.159 e. The minimum Gasteiger partial charge on any atom is -0.493 e. The molecule has 1 heterocycles. The Morgan fingerprint density at radius 2 is 1.57 bits per heavy atom. The lowest BCUT2D eigenvalue weighted by Crippen LogP contribution is -2.30. The Kier molecular flexibility index (Phi) is 5.09. The number of ether oxygens (including phenoxy) is 1. The largest absolute Gasteiger partial charge is 0.493 e. The van der Waals surface area contributed by atoms with Gasteiger partial charge in [-0.25, -0.2) is 0 Å². The van der Waals surface area contributed by atoms with Gasteiger partial charge < -0.3 is 10.1 Å². The van der Waals surface area contributed by atoms with Crippen LogP contribution in [0.25, 0.3) is 11.1 Å². The molecule has 1 saturated heterocycles. The molecule has 0 bridgehead atoms. The highest BCUT2D eigenvalue weighted by molar-refractivity contribution is 5.94. The summed E-state index contributed by atoms with van der Waals surface area (Å²) >= 11 is 0. The van der Waals surface area contributed by atoms with Crippen molar-refractivity contribution in [1.29, 1.82) is 0 Å². The normalized spacial score (nSPS) is 15.3. The lowest BCUT2D eigenvalue weighted by atomic mass is 9.99. The third kappa shape index (κ3) is 4.20. The van der Waals surface area contributed by atoms with Gasteiger partial charge in [0.05, 0.1) is 6.61 Å². The van der Waals surface area contributed by atoms with Gasteiger partial charge in [0.15, 0.2) is 5.78 Å². The topological polar surface area (TPSA) is 38.3 Å². The predicted molar refractivity (Wildman–Crippen MR) is 93.0 cm³/mol. The molecule has 23 heavy (non-hydrogen) atoms. The Labute approximate surface area is 137 Å². The number of benzene rings is 2. The van der Waals surface area contributed by atoms with Gasteiger partial charge in [0.25, 0.3) is 0 Å². The van der Waals surface area contributed by atoms with Gasteiger partial charge in [0, 0.05) is 5.56 Å². The zero-order valence-electron chi connectivity index (χ0n) is 13.5. The van der Waals surface area contributed by atoms with Crippen LogP contribution in [-0.2, 0) is 0 Å². The molecule has 0 aliphatic carbocycles. The maximum atomic E-state index is 11.3. The molecule has 2 aromatic rings.